The maximum Gasteiger partial charge on any atom is 0.157 e. The number of hydrogen-bond donors (Lipinski definition) is 1. The molecule has 1 aromatic carbocycles. The highest BCUT2D eigenvalue weighted by Crippen LogP contribution is 2.34. The second kappa shape index (κ2) is 6.26. The van der Waals surface area contributed by atoms with Crippen LogP contribution in [0, 0.1) is 0 Å². The van der Waals surface area contributed by atoms with Crippen LogP contribution in [0.15, 0.2) is 52.8 Å². The van der Waals surface area contributed by atoms with Crippen molar-refractivity contribution >= 4 is 28.3 Å². The van der Waals surface area contributed by atoms with Crippen molar-refractivity contribution in [3.05, 3.63) is 58.3 Å². The van der Waals surface area contributed by atoms with E-state index in [0.29, 0.717) is 5.25 Å². The Labute approximate surface area is 122 Å². The number of thioether (sulfide) groups is 1. The number of nitrogens with one attached hydrogen (secondary N) is 1. The van der Waals surface area contributed by atoms with Gasteiger partial charge in [0.25, 0.3) is 0 Å². The van der Waals surface area contributed by atoms with Gasteiger partial charge in [-0.3, -0.25) is 4.99 Å². The molecule has 1 aliphatic heterocycles. The highest BCUT2D eigenvalue weighted by Gasteiger charge is 2.20. The molecule has 0 spiro atoms. The first kappa shape index (κ1) is 12.8. The van der Waals surface area contributed by atoms with Crippen molar-refractivity contribution in [1.82, 2.24) is 5.32 Å². The fraction of sp³-hybridized carbons (Fsp3) is 0.267. The topological polar surface area (TPSA) is 24.4 Å². The van der Waals surface area contributed by atoms with Gasteiger partial charge in [0, 0.05) is 11.4 Å². The van der Waals surface area contributed by atoms with Crippen molar-refractivity contribution in [2.45, 2.75) is 11.7 Å². The molecule has 0 fully saturated rings. The molecule has 0 radical (unpaired) electrons. The van der Waals surface area contributed by atoms with Crippen LogP contribution in [0.1, 0.15) is 15.7 Å². The predicted molar refractivity (Wildman–Crippen MR) is 85.1 cm³/mol. The fourth-order valence-corrected chi connectivity index (χ4v) is 3.82. The molecule has 3 rings (SSSR count). The van der Waals surface area contributed by atoms with Crippen LogP contribution in [-0.2, 0) is 6.42 Å². The number of rotatable bonds is 4. The summed E-state index contributed by atoms with van der Waals surface area (Å²) in [5.74, 6) is 0. The molecule has 1 N–H and O–H groups in total. The summed E-state index contributed by atoms with van der Waals surface area (Å²) in [5, 5.41) is 7.13. The average molecular weight is 288 g/mol. The molecule has 0 bridgehead atoms. The monoisotopic (exact) mass is 288 g/mol. The summed E-state index contributed by atoms with van der Waals surface area (Å²) in [4.78, 5) is 6.01. The van der Waals surface area contributed by atoms with Crippen LogP contribution in [-0.4, -0.2) is 18.3 Å². The van der Waals surface area contributed by atoms with Gasteiger partial charge in [-0.1, -0.05) is 48.2 Å². The third-order valence-electron chi connectivity index (χ3n) is 3.05. The van der Waals surface area contributed by atoms with Crippen LogP contribution in [0.25, 0.3) is 0 Å². The summed E-state index contributed by atoms with van der Waals surface area (Å²) in [7, 11) is 0. The van der Waals surface area contributed by atoms with Crippen LogP contribution in [0.5, 0.6) is 0 Å². The van der Waals surface area contributed by atoms with E-state index in [1.807, 2.05) is 23.1 Å². The predicted octanol–water partition coefficient (Wildman–Crippen LogP) is 3.72. The van der Waals surface area contributed by atoms with E-state index < -0.39 is 0 Å². The van der Waals surface area contributed by atoms with Crippen molar-refractivity contribution in [3.63, 3.8) is 0 Å². The van der Waals surface area contributed by atoms with Crippen LogP contribution in [0.2, 0.25) is 0 Å². The second-order valence-electron chi connectivity index (χ2n) is 4.42. The highest BCUT2D eigenvalue weighted by atomic mass is 32.2. The summed E-state index contributed by atoms with van der Waals surface area (Å²) < 4.78 is 0. The Morgan fingerprint density at radius 2 is 2.05 bits per heavy atom. The number of hydrogen-bond acceptors (Lipinski definition) is 4. The Bertz CT molecular complexity index is 535. The Morgan fingerprint density at radius 3 is 2.84 bits per heavy atom. The van der Waals surface area contributed by atoms with E-state index in [-0.39, 0.29) is 0 Å². The molecule has 0 amide bonds. The van der Waals surface area contributed by atoms with Crippen LogP contribution in [0.4, 0.5) is 0 Å². The Hall–Kier alpha value is -1.26. The zero-order chi connectivity index (χ0) is 12.9. The van der Waals surface area contributed by atoms with Gasteiger partial charge in [0.15, 0.2) is 5.17 Å². The van der Waals surface area contributed by atoms with Crippen molar-refractivity contribution in [2.75, 3.05) is 13.1 Å². The smallest absolute Gasteiger partial charge is 0.157 e. The summed E-state index contributed by atoms with van der Waals surface area (Å²) in [6.45, 7) is 1.85. The van der Waals surface area contributed by atoms with Crippen molar-refractivity contribution < 1.29 is 0 Å². The van der Waals surface area contributed by atoms with Gasteiger partial charge < -0.3 is 5.32 Å². The third-order valence-corrected chi connectivity index (χ3v) is 5.19. The minimum absolute atomic E-state index is 0.477. The maximum absolute atomic E-state index is 4.58. The largest absolute Gasteiger partial charge is 0.365 e. The van der Waals surface area contributed by atoms with Crippen LogP contribution >= 0.6 is 23.1 Å². The van der Waals surface area contributed by atoms with E-state index >= 15 is 0 Å². The quantitative estimate of drug-likeness (QED) is 0.927. The molecule has 1 atom stereocenters. The molecular formula is C15H16N2S2. The lowest BCUT2D eigenvalue weighted by Crippen LogP contribution is -2.21. The number of thiophene rings is 1. The number of amidine groups is 1. The third kappa shape index (κ3) is 3.39. The molecule has 4 heteroatoms. The molecule has 0 saturated carbocycles. The summed E-state index contributed by atoms with van der Waals surface area (Å²) >= 11 is 3.66. The van der Waals surface area contributed by atoms with Crippen molar-refractivity contribution in [1.29, 1.82) is 0 Å². The molecule has 2 nitrogen and oxygen atoms in total. The molecule has 2 heterocycles. The lowest BCUT2D eigenvalue weighted by molar-refractivity contribution is 0.879. The Morgan fingerprint density at radius 1 is 1.16 bits per heavy atom. The lowest BCUT2D eigenvalue weighted by Gasteiger charge is -2.09. The van der Waals surface area contributed by atoms with Gasteiger partial charge >= 0.3 is 0 Å². The Balaban J connectivity index is 1.47. The zero-order valence-electron chi connectivity index (χ0n) is 10.6. The zero-order valence-corrected chi connectivity index (χ0v) is 12.2. The van der Waals surface area contributed by atoms with E-state index in [2.05, 4.69) is 58.2 Å². The first-order valence-electron chi connectivity index (χ1n) is 6.44. The number of nitrogens with zero attached hydrogens (tertiary/aromatic N) is 1. The normalized spacial score (nSPS) is 18.3. The molecule has 1 aromatic heterocycles. The molecule has 2 aromatic rings. The van der Waals surface area contributed by atoms with E-state index in [1.165, 1.54) is 10.4 Å². The van der Waals surface area contributed by atoms with Crippen LogP contribution < -0.4 is 5.32 Å². The molecule has 1 unspecified atom stereocenters. The van der Waals surface area contributed by atoms with Gasteiger partial charge in [-0.05, 0) is 23.4 Å². The summed E-state index contributed by atoms with van der Waals surface area (Å²) in [5.41, 5.74) is 1.37. The van der Waals surface area contributed by atoms with Gasteiger partial charge in [-0.2, -0.15) is 0 Å². The standard InChI is InChI=1S/C15H16N2S2/c1-2-5-12(6-3-1)14-11-17-15(19-14)16-9-8-13-7-4-10-18-13/h1-7,10,14H,8-9,11H2,(H,16,17). The second-order valence-corrected chi connectivity index (χ2v) is 6.64. The van der Waals surface area contributed by atoms with E-state index in [0.717, 1.165) is 24.7 Å². The lowest BCUT2D eigenvalue weighted by atomic mass is 10.1. The highest BCUT2D eigenvalue weighted by molar-refractivity contribution is 8.14. The van der Waals surface area contributed by atoms with Gasteiger partial charge in [-0.15, -0.1) is 11.3 Å². The first-order valence-corrected chi connectivity index (χ1v) is 8.20. The van der Waals surface area contributed by atoms with E-state index in [9.17, 15) is 0 Å². The minimum atomic E-state index is 0.477. The van der Waals surface area contributed by atoms with Gasteiger partial charge in [0.05, 0.1) is 11.8 Å². The first-order chi connectivity index (χ1) is 9.42. The molecule has 0 aliphatic carbocycles. The average Bonchev–Trinajstić information content (AvgIpc) is 3.11. The van der Waals surface area contributed by atoms with Crippen molar-refractivity contribution in [3.8, 4) is 0 Å². The van der Waals surface area contributed by atoms with Gasteiger partial charge in [0.2, 0.25) is 0 Å². The number of aliphatic imine (C=N–C) groups is 1. The maximum atomic E-state index is 4.58. The summed E-state index contributed by atoms with van der Waals surface area (Å²) in [6.07, 6.45) is 1.08. The number of benzene rings is 1. The van der Waals surface area contributed by atoms with Gasteiger partial charge in [0.1, 0.15) is 0 Å². The minimum Gasteiger partial charge on any atom is -0.365 e. The molecule has 19 heavy (non-hydrogen) atoms. The van der Waals surface area contributed by atoms with Gasteiger partial charge in [-0.25, -0.2) is 0 Å². The molecule has 0 saturated heterocycles. The van der Waals surface area contributed by atoms with Crippen molar-refractivity contribution in [2.24, 2.45) is 4.99 Å². The molecule has 1 aliphatic rings. The SMILES string of the molecule is c1ccc(C2CN=C(NCCc3cccs3)S2)cc1. The van der Waals surface area contributed by atoms with Crippen LogP contribution in [0.3, 0.4) is 0 Å². The Kier molecular flexibility index (Phi) is 4.20. The molecule has 98 valence electrons. The van der Waals surface area contributed by atoms with E-state index in [4.69, 9.17) is 0 Å². The fourth-order valence-electron chi connectivity index (χ4n) is 2.06. The van der Waals surface area contributed by atoms with E-state index in [1.54, 1.807) is 0 Å². The summed E-state index contributed by atoms with van der Waals surface area (Å²) in [6, 6.07) is 14.9. The molecular weight excluding hydrogens is 272 g/mol.